The summed E-state index contributed by atoms with van der Waals surface area (Å²) in [5.74, 6) is -1.28. The highest BCUT2D eigenvalue weighted by Crippen LogP contribution is 2.45. The van der Waals surface area contributed by atoms with Gasteiger partial charge in [0, 0.05) is 12.1 Å². The number of anilines is 1. The van der Waals surface area contributed by atoms with Gasteiger partial charge < -0.3 is 14.4 Å². The third kappa shape index (κ3) is 1.42. The van der Waals surface area contributed by atoms with Crippen LogP contribution in [0.4, 0.5) is 5.69 Å². The van der Waals surface area contributed by atoms with Crippen molar-refractivity contribution >= 4 is 11.6 Å². The fraction of sp³-hybridized carbons (Fsp3) is 0.500. The molecule has 2 aliphatic rings. The first-order chi connectivity index (χ1) is 8.69. The van der Waals surface area contributed by atoms with Crippen LogP contribution in [0.15, 0.2) is 18.2 Å². The summed E-state index contributed by atoms with van der Waals surface area (Å²) in [5, 5.41) is 0. The highest BCUT2D eigenvalue weighted by Gasteiger charge is 2.54. The molecular weight excluding hydrogens is 230 g/mol. The minimum Gasteiger partial charge on any atom is -0.338 e. The van der Waals surface area contributed by atoms with Gasteiger partial charge in [-0.2, -0.15) is 0 Å². The van der Waals surface area contributed by atoms with E-state index in [9.17, 15) is 4.79 Å². The van der Waals surface area contributed by atoms with Crippen LogP contribution in [0.1, 0.15) is 24.5 Å². The van der Waals surface area contributed by atoms with Gasteiger partial charge in [-0.15, -0.1) is 0 Å². The third-order valence-corrected chi connectivity index (χ3v) is 3.54. The molecule has 0 aliphatic carbocycles. The van der Waals surface area contributed by atoms with Gasteiger partial charge >= 0.3 is 0 Å². The maximum absolute atomic E-state index is 12.6. The highest BCUT2D eigenvalue weighted by atomic mass is 16.7. The number of benzene rings is 1. The second-order valence-corrected chi connectivity index (χ2v) is 4.74. The number of rotatable bonds is 1. The fourth-order valence-electron chi connectivity index (χ4n) is 2.68. The minimum atomic E-state index is -1.18. The van der Waals surface area contributed by atoms with E-state index in [-0.39, 0.29) is 5.91 Å². The Kier molecular flexibility index (Phi) is 2.64. The Morgan fingerprint density at radius 2 is 2.06 bits per heavy atom. The molecule has 2 aliphatic heterocycles. The highest BCUT2D eigenvalue weighted by molar-refractivity contribution is 6.06. The third-order valence-electron chi connectivity index (χ3n) is 3.54. The van der Waals surface area contributed by atoms with Crippen LogP contribution in [-0.4, -0.2) is 25.7 Å². The Morgan fingerprint density at radius 1 is 1.33 bits per heavy atom. The standard InChI is InChI=1S/C14H17NO3/c1-3-15-12-6-5-10(2)9-11(12)14(13(15)16)17-7-4-8-18-14/h5-6,9H,3-4,7-8H2,1-2H3. The van der Waals surface area contributed by atoms with Crippen LogP contribution in [0.3, 0.4) is 0 Å². The number of aryl methyl sites for hydroxylation is 1. The zero-order chi connectivity index (χ0) is 12.8. The van der Waals surface area contributed by atoms with E-state index < -0.39 is 5.79 Å². The lowest BCUT2D eigenvalue weighted by atomic mass is 10.0. The number of carbonyl (C=O) groups excluding carboxylic acids is 1. The van der Waals surface area contributed by atoms with Crippen molar-refractivity contribution in [2.45, 2.75) is 26.1 Å². The van der Waals surface area contributed by atoms with Crippen molar-refractivity contribution in [3.8, 4) is 0 Å². The minimum absolute atomic E-state index is 0.0923. The molecule has 0 atom stereocenters. The second-order valence-electron chi connectivity index (χ2n) is 4.74. The lowest BCUT2D eigenvalue weighted by Gasteiger charge is -2.32. The molecular formula is C14H17NO3. The smallest absolute Gasteiger partial charge is 0.292 e. The Morgan fingerprint density at radius 3 is 2.72 bits per heavy atom. The molecule has 0 radical (unpaired) electrons. The molecule has 0 N–H and O–H groups in total. The van der Waals surface area contributed by atoms with E-state index in [2.05, 4.69) is 0 Å². The van der Waals surface area contributed by atoms with Crippen molar-refractivity contribution in [2.75, 3.05) is 24.7 Å². The average molecular weight is 247 g/mol. The maximum atomic E-state index is 12.6. The Hall–Kier alpha value is -1.39. The zero-order valence-corrected chi connectivity index (χ0v) is 10.7. The summed E-state index contributed by atoms with van der Waals surface area (Å²) in [6.45, 7) is 5.73. The molecule has 18 heavy (non-hydrogen) atoms. The van der Waals surface area contributed by atoms with Crippen molar-refractivity contribution in [3.63, 3.8) is 0 Å². The van der Waals surface area contributed by atoms with Crippen LogP contribution in [0.5, 0.6) is 0 Å². The van der Waals surface area contributed by atoms with Crippen molar-refractivity contribution < 1.29 is 14.3 Å². The van der Waals surface area contributed by atoms with Gasteiger partial charge in [0.05, 0.1) is 18.9 Å². The Labute approximate surface area is 106 Å². The van der Waals surface area contributed by atoms with Crippen LogP contribution >= 0.6 is 0 Å². The van der Waals surface area contributed by atoms with Gasteiger partial charge in [0.25, 0.3) is 11.7 Å². The first kappa shape index (κ1) is 11.7. The van der Waals surface area contributed by atoms with E-state index in [4.69, 9.17) is 9.47 Å². The number of carbonyl (C=O) groups is 1. The first-order valence-corrected chi connectivity index (χ1v) is 6.40. The van der Waals surface area contributed by atoms with Crippen molar-refractivity contribution in [2.24, 2.45) is 0 Å². The number of fused-ring (bicyclic) bond motifs is 2. The van der Waals surface area contributed by atoms with E-state index in [0.29, 0.717) is 19.8 Å². The monoisotopic (exact) mass is 247 g/mol. The Bertz CT molecular complexity index is 492. The molecule has 1 fully saturated rings. The topological polar surface area (TPSA) is 38.8 Å². The average Bonchev–Trinajstić information content (AvgIpc) is 2.61. The van der Waals surface area contributed by atoms with Gasteiger partial charge in [0.15, 0.2) is 0 Å². The predicted octanol–water partition coefficient (Wildman–Crippen LogP) is 1.95. The molecule has 1 aromatic carbocycles. The molecule has 0 unspecified atom stereocenters. The molecule has 1 aromatic rings. The summed E-state index contributed by atoms with van der Waals surface area (Å²) in [7, 11) is 0. The number of amides is 1. The van der Waals surface area contributed by atoms with E-state index in [0.717, 1.165) is 23.2 Å². The van der Waals surface area contributed by atoms with Crippen LogP contribution in [0.25, 0.3) is 0 Å². The van der Waals surface area contributed by atoms with Crippen molar-refractivity contribution in [1.29, 1.82) is 0 Å². The lowest BCUT2D eigenvalue weighted by Crippen LogP contribution is -2.47. The van der Waals surface area contributed by atoms with Gasteiger partial charge in [-0.25, -0.2) is 0 Å². The van der Waals surface area contributed by atoms with Gasteiger partial charge in [-0.3, -0.25) is 4.79 Å². The molecule has 2 heterocycles. The summed E-state index contributed by atoms with van der Waals surface area (Å²) in [6.07, 6.45) is 0.836. The second kappa shape index (κ2) is 4.07. The van der Waals surface area contributed by atoms with Crippen LogP contribution in [0.2, 0.25) is 0 Å². The summed E-state index contributed by atoms with van der Waals surface area (Å²) in [6, 6.07) is 5.98. The summed E-state index contributed by atoms with van der Waals surface area (Å²) in [4.78, 5) is 14.3. The largest absolute Gasteiger partial charge is 0.338 e. The van der Waals surface area contributed by atoms with Crippen LogP contribution < -0.4 is 4.90 Å². The fourth-order valence-corrected chi connectivity index (χ4v) is 2.68. The van der Waals surface area contributed by atoms with E-state index in [1.807, 2.05) is 32.0 Å². The number of ether oxygens (including phenoxy) is 2. The quantitative estimate of drug-likeness (QED) is 0.761. The molecule has 0 bridgehead atoms. The molecule has 4 heteroatoms. The molecule has 0 aromatic heterocycles. The van der Waals surface area contributed by atoms with Gasteiger partial charge in [-0.1, -0.05) is 11.6 Å². The normalized spacial score (nSPS) is 21.4. The molecule has 1 saturated heterocycles. The van der Waals surface area contributed by atoms with Crippen LogP contribution in [0, 0.1) is 6.92 Å². The summed E-state index contributed by atoms with van der Waals surface area (Å²) >= 11 is 0. The summed E-state index contributed by atoms with van der Waals surface area (Å²) < 4.78 is 11.5. The van der Waals surface area contributed by atoms with Gasteiger partial charge in [0.2, 0.25) is 0 Å². The maximum Gasteiger partial charge on any atom is 0.292 e. The zero-order valence-electron chi connectivity index (χ0n) is 10.7. The number of hydrogen-bond donors (Lipinski definition) is 0. The van der Waals surface area contributed by atoms with Gasteiger partial charge in [0.1, 0.15) is 0 Å². The number of nitrogens with zero attached hydrogens (tertiary/aromatic N) is 1. The summed E-state index contributed by atoms with van der Waals surface area (Å²) in [5.41, 5.74) is 2.88. The first-order valence-electron chi connectivity index (χ1n) is 6.40. The Balaban J connectivity index is 2.16. The lowest BCUT2D eigenvalue weighted by molar-refractivity contribution is -0.256. The van der Waals surface area contributed by atoms with Crippen molar-refractivity contribution in [1.82, 2.24) is 0 Å². The predicted molar refractivity (Wildman–Crippen MR) is 67.4 cm³/mol. The SMILES string of the molecule is CCN1C(=O)C2(OCCCO2)c2cc(C)ccc21. The van der Waals surface area contributed by atoms with E-state index in [1.165, 1.54) is 0 Å². The molecule has 1 amide bonds. The molecule has 0 saturated carbocycles. The number of hydrogen-bond acceptors (Lipinski definition) is 3. The van der Waals surface area contributed by atoms with E-state index in [1.54, 1.807) is 4.90 Å². The van der Waals surface area contributed by atoms with Crippen molar-refractivity contribution in [3.05, 3.63) is 29.3 Å². The molecule has 4 nitrogen and oxygen atoms in total. The van der Waals surface area contributed by atoms with E-state index >= 15 is 0 Å². The molecule has 3 rings (SSSR count). The van der Waals surface area contributed by atoms with Gasteiger partial charge in [-0.05, 0) is 32.4 Å². The molecule has 1 spiro atoms. The molecule has 96 valence electrons. The van der Waals surface area contributed by atoms with Crippen LogP contribution in [-0.2, 0) is 20.1 Å². The number of likely N-dealkylation sites (N-methyl/N-ethyl adjacent to an activating group) is 1.